The predicted octanol–water partition coefficient (Wildman–Crippen LogP) is 4.14. The van der Waals surface area contributed by atoms with Gasteiger partial charge >= 0.3 is 10.1 Å². The third kappa shape index (κ3) is 4.51. The topological polar surface area (TPSA) is 116 Å². The highest BCUT2D eigenvalue weighted by molar-refractivity contribution is 8.04. The van der Waals surface area contributed by atoms with Crippen molar-refractivity contribution in [3.05, 3.63) is 58.3 Å². The van der Waals surface area contributed by atoms with Crippen molar-refractivity contribution in [2.45, 2.75) is 10.8 Å². The lowest BCUT2D eigenvalue weighted by Crippen LogP contribution is -2.38. The normalized spacial score (nSPS) is 15.7. The molecule has 0 saturated carbocycles. The number of hydrogen-bond acceptors (Lipinski definition) is 8. The van der Waals surface area contributed by atoms with Gasteiger partial charge in [-0.3, -0.25) is 9.11 Å². The molecule has 0 atom stereocenters. The van der Waals surface area contributed by atoms with E-state index in [2.05, 4.69) is 0 Å². The average Bonchev–Trinajstić information content (AvgIpc) is 3.32. The number of hydrogen-bond donors (Lipinski definition) is 2. The SMILES string of the molecule is O=S(=O)(O)CN1C(=Cc2sc3c4ccccc4sc3[n+]2CS(=O)(=O)O)Sc2ccc(F)cc21. The average molecular weight is 546 g/mol. The first-order valence-corrected chi connectivity index (χ1v) is 14.9. The minimum absolute atomic E-state index is 0.272. The van der Waals surface area contributed by atoms with E-state index in [1.165, 1.54) is 50.3 Å². The molecular weight excluding hydrogens is 532 g/mol. The highest BCUT2D eigenvalue weighted by Gasteiger charge is 2.33. The Morgan fingerprint density at radius 1 is 1.03 bits per heavy atom. The van der Waals surface area contributed by atoms with Crippen LogP contribution in [-0.4, -0.2) is 31.8 Å². The first-order chi connectivity index (χ1) is 15.5. The van der Waals surface area contributed by atoms with Gasteiger partial charge in [-0.25, -0.2) is 4.39 Å². The summed E-state index contributed by atoms with van der Waals surface area (Å²) in [5.74, 6) is -2.06. The Morgan fingerprint density at radius 3 is 2.52 bits per heavy atom. The number of anilines is 1. The Hall–Kier alpha value is -2.07. The van der Waals surface area contributed by atoms with Gasteiger partial charge < -0.3 is 4.90 Å². The highest BCUT2D eigenvalue weighted by atomic mass is 32.2. The number of nitrogens with zero attached hydrogens (tertiary/aromatic N) is 2. The predicted molar refractivity (Wildman–Crippen MR) is 128 cm³/mol. The molecule has 2 aromatic heterocycles. The smallest absolute Gasteiger partial charge is 0.317 e. The number of rotatable bonds is 5. The van der Waals surface area contributed by atoms with Crippen LogP contribution in [-0.2, 0) is 26.1 Å². The second-order valence-corrected chi connectivity index (χ2v) is 13.1. The van der Waals surface area contributed by atoms with E-state index in [0.29, 0.717) is 19.8 Å². The Kier molecular flexibility index (Phi) is 5.51. The number of halogens is 1. The zero-order chi connectivity index (χ0) is 23.5. The molecule has 0 spiro atoms. The fourth-order valence-corrected chi connectivity index (χ4v) is 8.73. The second kappa shape index (κ2) is 8.01. The molecule has 3 heterocycles. The number of fused-ring (bicyclic) bond motifs is 4. The first-order valence-electron chi connectivity index (χ1n) is 9.19. The minimum atomic E-state index is -4.46. The fourth-order valence-electron chi connectivity index (χ4n) is 3.52. The van der Waals surface area contributed by atoms with Gasteiger partial charge in [0.15, 0.2) is 5.88 Å². The van der Waals surface area contributed by atoms with Crippen LogP contribution in [0.15, 0.2) is 52.4 Å². The molecule has 4 aromatic rings. The van der Waals surface area contributed by atoms with Crippen molar-refractivity contribution in [3.8, 4) is 0 Å². The summed E-state index contributed by atoms with van der Waals surface area (Å²) >= 11 is 3.82. The summed E-state index contributed by atoms with van der Waals surface area (Å²) in [7, 11) is -8.85. The maximum Gasteiger partial charge on any atom is 0.326 e. The van der Waals surface area contributed by atoms with Gasteiger partial charge in [0.05, 0.1) is 16.8 Å². The monoisotopic (exact) mass is 545 g/mol. The number of thiophene rings is 1. The molecule has 1 aliphatic rings. The molecule has 14 heteroatoms. The van der Waals surface area contributed by atoms with Gasteiger partial charge in [-0.2, -0.15) is 21.4 Å². The molecule has 8 nitrogen and oxygen atoms in total. The third-order valence-corrected chi connectivity index (χ3v) is 9.54. The Bertz CT molecular complexity index is 1670. The molecule has 0 bridgehead atoms. The van der Waals surface area contributed by atoms with Crippen LogP contribution in [0.25, 0.3) is 25.7 Å². The fraction of sp³-hybridized carbons (Fsp3) is 0.105. The van der Waals surface area contributed by atoms with E-state index in [4.69, 9.17) is 0 Å². The summed E-state index contributed by atoms with van der Waals surface area (Å²) in [6.45, 7) is 0. The van der Waals surface area contributed by atoms with Crippen LogP contribution in [0.2, 0.25) is 0 Å². The Labute approximate surface area is 200 Å². The van der Waals surface area contributed by atoms with Gasteiger partial charge in [-0.15, -0.1) is 0 Å². The van der Waals surface area contributed by atoms with Gasteiger partial charge in [-0.1, -0.05) is 52.6 Å². The van der Waals surface area contributed by atoms with Crippen LogP contribution in [0.3, 0.4) is 0 Å². The molecule has 0 fully saturated rings. The largest absolute Gasteiger partial charge is 0.326 e. The quantitative estimate of drug-likeness (QED) is 0.284. The maximum atomic E-state index is 13.9. The van der Waals surface area contributed by atoms with Crippen molar-refractivity contribution >= 4 is 86.1 Å². The molecular formula is C19H14FN2O6S5+. The number of thioether (sulfide) groups is 1. The Balaban J connectivity index is 1.71. The summed E-state index contributed by atoms with van der Waals surface area (Å²) in [6.07, 6.45) is 1.57. The van der Waals surface area contributed by atoms with E-state index in [1.54, 1.807) is 6.08 Å². The van der Waals surface area contributed by atoms with Crippen LogP contribution < -0.4 is 9.47 Å². The van der Waals surface area contributed by atoms with Crippen molar-refractivity contribution in [2.24, 2.45) is 0 Å². The van der Waals surface area contributed by atoms with Crippen LogP contribution in [0.4, 0.5) is 10.1 Å². The molecule has 5 rings (SSSR count). The van der Waals surface area contributed by atoms with Crippen molar-refractivity contribution in [1.82, 2.24) is 0 Å². The van der Waals surface area contributed by atoms with Gasteiger partial charge in [-0.05, 0) is 24.3 Å². The van der Waals surface area contributed by atoms with Gasteiger partial charge in [0.1, 0.15) is 10.5 Å². The van der Waals surface area contributed by atoms with Crippen molar-refractivity contribution in [1.29, 1.82) is 0 Å². The van der Waals surface area contributed by atoms with Crippen LogP contribution >= 0.6 is 34.4 Å². The van der Waals surface area contributed by atoms with E-state index in [-0.39, 0.29) is 5.69 Å². The summed E-state index contributed by atoms with van der Waals surface area (Å²) in [5.41, 5.74) is 0.272. The number of thiazole rings is 1. The lowest BCUT2D eigenvalue weighted by molar-refractivity contribution is -0.647. The maximum absolute atomic E-state index is 13.9. The van der Waals surface area contributed by atoms with Crippen molar-refractivity contribution < 1.29 is 34.9 Å². The third-order valence-electron chi connectivity index (χ3n) is 4.77. The summed E-state index contributed by atoms with van der Waals surface area (Å²) in [4.78, 5) is 2.47. The number of benzene rings is 2. The van der Waals surface area contributed by atoms with Gasteiger partial charge in [0.25, 0.3) is 25.8 Å². The second-order valence-electron chi connectivity index (χ2n) is 7.15. The van der Waals surface area contributed by atoms with E-state index in [0.717, 1.165) is 26.5 Å². The van der Waals surface area contributed by atoms with E-state index >= 15 is 0 Å². The van der Waals surface area contributed by atoms with Crippen molar-refractivity contribution in [2.75, 3.05) is 10.8 Å². The molecule has 2 aromatic carbocycles. The zero-order valence-electron chi connectivity index (χ0n) is 16.4. The first kappa shape index (κ1) is 22.7. The molecule has 0 radical (unpaired) electrons. The summed E-state index contributed by atoms with van der Waals surface area (Å²) in [5, 5.41) is 1.72. The van der Waals surface area contributed by atoms with Crippen LogP contribution in [0, 0.1) is 5.82 Å². The van der Waals surface area contributed by atoms with E-state index in [1.807, 2.05) is 24.3 Å². The summed E-state index contributed by atoms with van der Waals surface area (Å²) in [6, 6.07) is 11.5. The molecule has 0 aliphatic carbocycles. The molecule has 0 amide bonds. The van der Waals surface area contributed by atoms with Crippen molar-refractivity contribution in [3.63, 3.8) is 0 Å². The lowest BCUT2D eigenvalue weighted by Gasteiger charge is -2.18. The lowest BCUT2D eigenvalue weighted by atomic mass is 10.3. The van der Waals surface area contributed by atoms with Gasteiger partial charge in [0, 0.05) is 15.0 Å². The molecule has 0 unspecified atom stereocenters. The van der Waals surface area contributed by atoms with Crippen LogP contribution in [0.5, 0.6) is 0 Å². The summed E-state index contributed by atoms with van der Waals surface area (Å²) < 4.78 is 82.9. The molecule has 33 heavy (non-hydrogen) atoms. The van der Waals surface area contributed by atoms with E-state index in [9.17, 15) is 30.3 Å². The molecule has 0 saturated heterocycles. The minimum Gasteiger partial charge on any atom is -0.317 e. The van der Waals surface area contributed by atoms with E-state index < -0.39 is 37.8 Å². The Morgan fingerprint density at radius 2 is 1.79 bits per heavy atom. The standard InChI is InChI=1S/C19H13FN2O6S5/c20-11-5-6-15-13(7-11)21(9-32(23,24)25)16(29-15)8-17-22(10-33(26,27)28)19-18(31-17)12-3-1-2-4-14(12)30-19/h1-8H,9-10H2,(H-,23,24,25,26,27,28)/p+1. The molecule has 1 aliphatic heterocycles. The molecule has 2 N–H and O–H groups in total. The number of aromatic nitrogens is 1. The van der Waals surface area contributed by atoms with Gasteiger partial charge in [0.2, 0.25) is 0 Å². The zero-order valence-corrected chi connectivity index (χ0v) is 20.5. The highest BCUT2D eigenvalue weighted by Crippen LogP contribution is 2.47. The molecule has 172 valence electrons. The van der Waals surface area contributed by atoms with Crippen LogP contribution in [0.1, 0.15) is 5.01 Å².